The Kier molecular flexibility index (Phi) is 4.81. The van der Waals surface area contributed by atoms with Gasteiger partial charge in [-0.05, 0) is 31.0 Å². The van der Waals surface area contributed by atoms with Crippen LogP contribution in [0, 0.1) is 12.3 Å². The van der Waals surface area contributed by atoms with Gasteiger partial charge in [0.25, 0.3) is 0 Å². The lowest BCUT2D eigenvalue weighted by Crippen LogP contribution is -2.11. The monoisotopic (exact) mass is 391 g/mol. The number of nitrogens with zero attached hydrogens (tertiary/aromatic N) is 1. The van der Waals surface area contributed by atoms with Crippen molar-refractivity contribution in [1.29, 1.82) is 0 Å². The van der Waals surface area contributed by atoms with E-state index >= 15 is 0 Å². The number of rotatable bonds is 4. The second-order valence-electron chi connectivity index (χ2n) is 6.52. The molecule has 4 rings (SSSR count). The summed E-state index contributed by atoms with van der Waals surface area (Å²) in [6, 6.07) is 7.28. The number of aryl methyl sites for hydroxylation is 1. The number of pyridine rings is 1. The third-order valence-electron chi connectivity index (χ3n) is 4.86. The van der Waals surface area contributed by atoms with Gasteiger partial charge in [-0.1, -0.05) is 23.6 Å². The molecule has 0 unspecified atom stereocenters. The van der Waals surface area contributed by atoms with Crippen LogP contribution in [0.1, 0.15) is 34.5 Å². The molecule has 2 N–H and O–H groups in total. The highest BCUT2D eigenvalue weighted by atomic mass is 35.5. The average Bonchev–Trinajstić information content (AvgIpc) is 3.07. The molecule has 0 radical (unpaired) electrons. The zero-order valence-corrected chi connectivity index (χ0v) is 16.1. The highest BCUT2D eigenvalue weighted by Crippen LogP contribution is 2.42. The lowest BCUT2D eigenvalue weighted by atomic mass is 9.94. The lowest BCUT2D eigenvalue weighted by molar-refractivity contribution is 0.0973. The van der Waals surface area contributed by atoms with Crippen molar-refractivity contribution in [2.75, 3.05) is 12.4 Å². The molecule has 0 bridgehead atoms. The molecule has 28 heavy (non-hydrogen) atoms. The van der Waals surface area contributed by atoms with E-state index in [0.717, 1.165) is 29.8 Å². The Morgan fingerprint density at radius 3 is 2.96 bits per heavy atom. The lowest BCUT2D eigenvalue weighted by Gasteiger charge is -2.16. The number of ether oxygens (including phenoxy) is 1. The molecule has 5 nitrogen and oxygen atoms in total. The van der Waals surface area contributed by atoms with Crippen LogP contribution >= 0.6 is 11.6 Å². The summed E-state index contributed by atoms with van der Waals surface area (Å²) in [6.45, 7) is 0. The van der Waals surface area contributed by atoms with Crippen molar-refractivity contribution >= 4 is 28.8 Å². The molecule has 6 heteroatoms. The molecule has 1 aromatic carbocycles. The topological polar surface area (TPSA) is 67.0 Å². The fourth-order valence-electron chi connectivity index (χ4n) is 3.60. The maximum atomic E-state index is 12.7. The molecule has 0 spiro atoms. The van der Waals surface area contributed by atoms with Crippen molar-refractivity contribution in [1.82, 2.24) is 9.97 Å². The molecule has 140 valence electrons. The van der Waals surface area contributed by atoms with Gasteiger partial charge in [0.1, 0.15) is 0 Å². The molecule has 1 aliphatic rings. The average molecular weight is 392 g/mol. The summed E-state index contributed by atoms with van der Waals surface area (Å²) < 4.78 is 5.45. The number of aromatic nitrogens is 2. The van der Waals surface area contributed by atoms with Gasteiger partial charge in [0.2, 0.25) is 0 Å². The van der Waals surface area contributed by atoms with Crippen LogP contribution in [0.25, 0.3) is 11.3 Å². The van der Waals surface area contributed by atoms with Crippen LogP contribution in [0.2, 0.25) is 5.02 Å². The number of terminal acetylenes is 1. The SMILES string of the molecule is C#Cc1cnccc1-c1[nH]c2c(c1Nc1cccc(Cl)c1OC)C(=O)CCC2. The number of hydrogen-bond donors (Lipinski definition) is 2. The Morgan fingerprint density at radius 2 is 2.18 bits per heavy atom. The molecule has 0 saturated heterocycles. The van der Waals surface area contributed by atoms with E-state index in [1.165, 1.54) is 0 Å². The summed E-state index contributed by atoms with van der Waals surface area (Å²) in [5, 5.41) is 3.85. The largest absolute Gasteiger partial charge is 0.493 e. The van der Waals surface area contributed by atoms with Crippen LogP contribution in [-0.2, 0) is 6.42 Å². The third kappa shape index (κ3) is 3.02. The minimum atomic E-state index is 0.101. The number of para-hydroxylation sites is 1. The van der Waals surface area contributed by atoms with Crippen LogP contribution in [0.3, 0.4) is 0 Å². The van der Waals surface area contributed by atoms with Crippen molar-refractivity contribution in [2.45, 2.75) is 19.3 Å². The number of methoxy groups -OCH3 is 1. The van der Waals surface area contributed by atoms with Crippen molar-refractivity contribution in [3.8, 4) is 29.4 Å². The number of Topliss-reactive ketones (excluding diaryl/α,β-unsaturated/α-hetero) is 1. The molecule has 0 amide bonds. The van der Waals surface area contributed by atoms with Gasteiger partial charge in [-0.2, -0.15) is 0 Å². The summed E-state index contributed by atoms with van der Waals surface area (Å²) in [4.78, 5) is 20.3. The highest BCUT2D eigenvalue weighted by Gasteiger charge is 2.28. The zero-order valence-electron chi connectivity index (χ0n) is 15.3. The number of hydrogen-bond acceptors (Lipinski definition) is 4. The number of halogens is 1. The molecule has 0 aliphatic heterocycles. The van der Waals surface area contributed by atoms with Gasteiger partial charge in [0.05, 0.1) is 40.3 Å². The van der Waals surface area contributed by atoms with Crippen LogP contribution < -0.4 is 10.1 Å². The quantitative estimate of drug-likeness (QED) is 0.615. The van der Waals surface area contributed by atoms with Gasteiger partial charge in [0, 0.05) is 30.1 Å². The standard InChI is InChI=1S/C22H18ClN3O2/c1-3-13-12-24-11-10-14(13)20-21(19-16(25-20)7-5-9-18(19)27)26-17-8-4-6-15(23)22(17)28-2/h1,4,6,8,10-12,25-26H,5,7,9H2,2H3. The molecule has 0 fully saturated rings. The van der Waals surface area contributed by atoms with Gasteiger partial charge in [-0.25, -0.2) is 0 Å². The van der Waals surface area contributed by atoms with Gasteiger partial charge >= 0.3 is 0 Å². The Labute approximate surface area is 168 Å². The predicted molar refractivity (Wildman–Crippen MR) is 111 cm³/mol. The number of H-pyrrole nitrogens is 1. The Hall–Kier alpha value is -3.23. The van der Waals surface area contributed by atoms with Gasteiger partial charge in [-0.3, -0.25) is 9.78 Å². The minimum Gasteiger partial charge on any atom is -0.493 e. The predicted octanol–water partition coefficient (Wildman–Crippen LogP) is 4.98. The second-order valence-corrected chi connectivity index (χ2v) is 6.92. The highest BCUT2D eigenvalue weighted by molar-refractivity contribution is 6.32. The van der Waals surface area contributed by atoms with E-state index in [0.29, 0.717) is 39.7 Å². The van der Waals surface area contributed by atoms with Gasteiger partial charge < -0.3 is 15.0 Å². The molecule has 2 aromatic heterocycles. The summed E-state index contributed by atoms with van der Waals surface area (Å²) in [5.41, 5.74) is 5.16. The fraction of sp³-hybridized carbons (Fsp3) is 0.182. The van der Waals surface area contributed by atoms with Crippen LogP contribution in [-0.4, -0.2) is 22.9 Å². The third-order valence-corrected chi connectivity index (χ3v) is 5.16. The van der Waals surface area contributed by atoms with Crippen molar-refractivity contribution in [3.63, 3.8) is 0 Å². The van der Waals surface area contributed by atoms with Crippen LogP contribution in [0.4, 0.5) is 11.4 Å². The molecule has 0 saturated carbocycles. The Bertz CT molecular complexity index is 1110. The number of aromatic amines is 1. The molecular formula is C22H18ClN3O2. The van der Waals surface area contributed by atoms with Crippen molar-refractivity contribution in [3.05, 3.63) is 58.5 Å². The summed E-state index contributed by atoms with van der Waals surface area (Å²) in [7, 11) is 1.56. The number of fused-ring (bicyclic) bond motifs is 1. The second kappa shape index (κ2) is 7.41. The van der Waals surface area contributed by atoms with E-state index in [9.17, 15) is 4.79 Å². The number of carbonyl (C=O) groups excluding carboxylic acids is 1. The number of ketones is 1. The summed E-state index contributed by atoms with van der Waals surface area (Å²) >= 11 is 6.27. The van der Waals surface area contributed by atoms with E-state index in [1.54, 1.807) is 25.6 Å². The van der Waals surface area contributed by atoms with E-state index < -0.39 is 0 Å². The zero-order chi connectivity index (χ0) is 19.7. The van der Waals surface area contributed by atoms with E-state index in [1.807, 2.05) is 18.2 Å². The van der Waals surface area contributed by atoms with E-state index in [-0.39, 0.29) is 5.78 Å². The first-order chi connectivity index (χ1) is 13.6. The molecular weight excluding hydrogens is 374 g/mol. The maximum Gasteiger partial charge on any atom is 0.166 e. The smallest absolute Gasteiger partial charge is 0.166 e. The molecule has 3 aromatic rings. The summed E-state index contributed by atoms with van der Waals surface area (Å²) in [6.07, 6.45) is 11.1. The van der Waals surface area contributed by atoms with Crippen molar-refractivity contribution in [2.24, 2.45) is 0 Å². The van der Waals surface area contributed by atoms with Gasteiger partial charge in [-0.15, -0.1) is 6.42 Å². The Morgan fingerprint density at radius 1 is 1.32 bits per heavy atom. The first kappa shape index (κ1) is 18.1. The van der Waals surface area contributed by atoms with E-state index in [2.05, 4.69) is 21.2 Å². The summed E-state index contributed by atoms with van der Waals surface area (Å²) in [5.74, 6) is 3.28. The Balaban J connectivity index is 1.93. The number of benzene rings is 1. The fourth-order valence-corrected chi connectivity index (χ4v) is 3.85. The van der Waals surface area contributed by atoms with Crippen LogP contribution in [0.5, 0.6) is 5.75 Å². The molecule has 2 heterocycles. The van der Waals surface area contributed by atoms with Gasteiger partial charge in [0.15, 0.2) is 11.5 Å². The van der Waals surface area contributed by atoms with Crippen molar-refractivity contribution < 1.29 is 9.53 Å². The van der Waals surface area contributed by atoms with Crippen LogP contribution in [0.15, 0.2) is 36.7 Å². The number of carbonyl (C=O) groups is 1. The molecule has 0 atom stereocenters. The first-order valence-corrected chi connectivity index (χ1v) is 9.30. The first-order valence-electron chi connectivity index (χ1n) is 8.92. The number of anilines is 2. The number of nitrogens with one attached hydrogen (secondary N) is 2. The molecule has 1 aliphatic carbocycles. The minimum absolute atomic E-state index is 0.101. The normalized spacial score (nSPS) is 13.0. The van der Waals surface area contributed by atoms with E-state index in [4.69, 9.17) is 22.8 Å². The maximum absolute atomic E-state index is 12.7.